The third-order valence-electron chi connectivity index (χ3n) is 4.27. The molecule has 2 amide bonds. The lowest BCUT2D eigenvalue weighted by atomic mass is 10.2. The molecular formula is C19H23N3O2S. The SMILES string of the molecule is CC(=O)Nc1cccc(-c2nc(CC(=O)N3CCCCCC3)cs2)c1. The summed E-state index contributed by atoms with van der Waals surface area (Å²) in [5, 5.41) is 5.60. The Morgan fingerprint density at radius 2 is 1.96 bits per heavy atom. The van der Waals surface area contributed by atoms with E-state index in [1.54, 1.807) is 0 Å². The molecule has 0 atom stereocenters. The molecule has 0 saturated carbocycles. The summed E-state index contributed by atoms with van der Waals surface area (Å²) in [6.07, 6.45) is 5.00. The maximum Gasteiger partial charge on any atom is 0.228 e. The molecule has 3 rings (SSSR count). The number of amides is 2. The van der Waals surface area contributed by atoms with E-state index in [1.165, 1.54) is 31.1 Å². The number of nitrogens with zero attached hydrogens (tertiary/aromatic N) is 2. The topological polar surface area (TPSA) is 62.3 Å². The monoisotopic (exact) mass is 357 g/mol. The van der Waals surface area contributed by atoms with Crippen LogP contribution in [0.25, 0.3) is 10.6 Å². The number of benzene rings is 1. The van der Waals surface area contributed by atoms with Crippen molar-refractivity contribution in [1.82, 2.24) is 9.88 Å². The first-order valence-electron chi connectivity index (χ1n) is 8.72. The number of thiazole rings is 1. The van der Waals surface area contributed by atoms with Gasteiger partial charge in [-0.05, 0) is 25.0 Å². The number of likely N-dealkylation sites (tertiary alicyclic amines) is 1. The average molecular weight is 357 g/mol. The zero-order valence-corrected chi connectivity index (χ0v) is 15.3. The minimum absolute atomic E-state index is 0.0972. The second-order valence-corrected chi connectivity index (χ2v) is 7.24. The molecule has 132 valence electrons. The first-order chi connectivity index (χ1) is 12.1. The fourth-order valence-corrected chi connectivity index (χ4v) is 3.86. The molecule has 1 fully saturated rings. The van der Waals surface area contributed by atoms with Gasteiger partial charge in [0.25, 0.3) is 0 Å². The lowest BCUT2D eigenvalue weighted by Gasteiger charge is -2.19. The zero-order chi connectivity index (χ0) is 17.6. The van der Waals surface area contributed by atoms with Crippen molar-refractivity contribution in [2.75, 3.05) is 18.4 Å². The lowest BCUT2D eigenvalue weighted by Crippen LogP contribution is -2.33. The molecule has 0 unspecified atom stereocenters. The van der Waals surface area contributed by atoms with Crippen LogP contribution in [0.5, 0.6) is 0 Å². The van der Waals surface area contributed by atoms with Gasteiger partial charge in [-0.15, -0.1) is 11.3 Å². The lowest BCUT2D eigenvalue weighted by molar-refractivity contribution is -0.130. The van der Waals surface area contributed by atoms with Gasteiger partial charge >= 0.3 is 0 Å². The van der Waals surface area contributed by atoms with Crippen molar-refractivity contribution in [3.63, 3.8) is 0 Å². The van der Waals surface area contributed by atoms with Gasteiger partial charge in [0.2, 0.25) is 11.8 Å². The van der Waals surface area contributed by atoms with Gasteiger partial charge in [0, 0.05) is 36.6 Å². The van der Waals surface area contributed by atoms with Gasteiger partial charge in [0.15, 0.2) is 0 Å². The Morgan fingerprint density at radius 1 is 1.20 bits per heavy atom. The second kappa shape index (κ2) is 8.25. The summed E-state index contributed by atoms with van der Waals surface area (Å²) < 4.78 is 0. The van der Waals surface area contributed by atoms with Crippen molar-refractivity contribution in [2.45, 2.75) is 39.0 Å². The van der Waals surface area contributed by atoms with Crippen molar-refractivity contribution in [3.05, 3.63) is 35.3 Å². The molecule has 1 aromatic heterocycles. The fraction of sp³-hybridized carbons (Fsp3) is 0.421. The summed E-state index contributed by atoms with van der Waals surface area (Å²) in [7, 11) is 0. The van der Waals surface area contributed by atoms with E-state index in [1.807, 2.05) is 34.5 Å². The highest BCUT2D eigenvalue weighted by molar-refractivity contribution is 7.13. The number of nitrogens with one attached hydrogen (secondary N) is 1. The van der Waals surface area contributed by atoms with E-state index in [0.29, 0.717) is 6.42 Å². The Balaban J connectivity index is 1.67. The summed E-state index contributed by atoms with van der Waals surface area (Å²) >= 11 is 1.53. The number of rotatable bonds is 4. The number of hydrogen-bond acceptors (Lipinski definition) is 4. The predicted molar refractivity (Wildman–Crippen MR) is 101 cm³/mol. The molecule has 1 aliphatic rings. The van der Waals surface area contributed by atoms with Crippen LogP contribution >= 0.6 is 11.3 Å². The van der Waals surface area contributed by atoms with E-state index < -0.39 is 0 Å². The van der Waals surface area contributed by atoms with Crippen LogP contribution < -0.4 is 5.32 Å². The van der Waals surface area contributed by atoms with Gasteiger partial charge in [-0.1, -0.05) is 25.0 Å². The summed E-state index contributed by atoms with van der Waals surface area (Å²) in [5.41, 5.74) is 2.52. The van der Waals surface area contributed by atoms with Gasteiger partial charge in [-0.25, -0.2) is 4.98 Å². The molecular weight excluding hydrogens is 334 g/mol. The molecule has 2 aromatic rings. The van der Waals surface area contributed by atoms with Crippen LogP contribution in [0.3, 0.4) is 0 Å². The smallest absolute Gasteiger partial charge is 0.228 e. The highest BCUT2D eigenvalue weighted by atomic mass is 32.1. The fourth-order valence-electron chi connectivity index (χ4n) is 3.04. The van der Waals surface area contributed by atoms with E-state index in [-0.39, 0.29) is 11.8 Å². The normalized spacial score (nSPS) is 14.8. The third-order valence-corrected chi connectivity index (χ3v) is 5.21. The van der Waals surface area contributed by atoms with Crippen LogP contribution in [-0.4, -0.2) is 34.8 Å². The minimum atomic E-state index is -0.0972. The van der Waals surface area contributed by atoms with E-state index in [4.69, 9.17) is 0 Å². The zero-order valence-electron chi connectivity index (χ0n) is 14.5. The first kappa shape index (κ1) is 17.6. The highest BCUT2D eigenvalue weighted by Gasteiger charge is 2.17. The number of anilines is 1. The Bertz CT molecular complexity index is 749. The quantitative estimate of drug-likeness (QED) is 0.907. The molecule has 25 heavy (non-hydrogen) atoms. The molecule has 5 nitrogen and oxygen atoms in total. The maximum atomic E-state index is 12.5. The summed E-state index contributed by atoms with van der Waals surface area (Å²) in [5.74, 6) is 0.0748. The Morgan fingerprint density at radius 3 is 2.68 bits per heavy atom. The van der Waals surface area contributed by atoms with Crippen LogP contribution in [-0.2, 0) is 16.0 Å². The van der Waals surface area contributed by atoms with E-state index in [2.05, 4.69) is 10.3 Å². The molecule has 1 N–H and O–H groups in total. The molecule has 0 radical (unpaired) electrons. The second-order valence-electron chi connectivity index (χ2n) is 6.38. The van der Waals surface area contributed by atoms with Gasteiger partial charge < -0.3 is 10.2 Å². The number of carbonyl (C=O) groups excluding carboxylic acids is 2. The van der Waals surface area contributed by atoms with E-state index >= 15 is 0 Å². The third kappa shape index (κ3) is 4.89. The van der Waals surface area contributed by atoms with Crippen molar-refractivity contribution < 1.29 is 9.59 Å². The van der Waals surface area contributed by atoms with Gasteiger partial charge in [-0.3, -0.25) is 9.59 Å². The van der Waals surface area contributed by atoms with Crippen molar-refractivity contribution >= 4 is 28.8 Å². The molecule has 0 spiro atoms. The number of carbonyl (C=O) groups is 2. The molecule has 0 bridgehead atoms. The summed E-state index contributed by atoms with van der Waals surface area (Å²) in [6, 6.07) is 7.61. The van der Waals surface area contributed by atoms with Crippen LogP contribution in [0.15, 0.2) is 29.6 Å². The minimum Gasteiger partial charge on any atom is -0.342 e. The van der Waals surface area contributed by atoms with Gasteiger partial charge in [-0.2, -0.15) is 0 Å². The van der Waals surface area contributed by atoms with Crippen LogP contribution in [0.1, 0.15) is 38.3 Å². The van der Waals surface area contributed by atoms with Crippen LogP contribution in [0.4, 0.5) is 5.69 Å². The molecule has 1 saturated heterocycles. The molecule has 2 heterocycles. The molecule has 1 aromatic carbocycles. The van der Waals surface area contributed by atoms with Crippen molar-refractivity contribution in [2.24, 2.45) is 0 Å². The van der Waals surface area contributed by atoms with Crippen molar-refractivity contribution in [3.8, 4) is 10.6 Å². The number of hydrogen-bond donors (Lipinski definition) is 1. The van der Waals surface area contributed by atoms with Crippen molar-refractivity contribution in [1.29, 1.82) is 0 Å². The largest absolute Gasteiger partial charge is 0.342 e. The van der Waals surface area contributed by atoms with Crippen LogP contribution in [0, 0.1) is 0 Å². The predicted octanol–water partition coefficient (Wildman–Crippen LogP) is 3.71. The molecule has 1 aliphatic heterocycles. The number of aromatic nitrogens is 1. The maximum absolute atomic E-state index is 12.5. The Labute approximate surface area is 152 Å². The van der Waals surface area contributed by atoms with E-state index in [0.717, 1.165) is 47.9 Å². The van der Waals surface area contributed by atoms with Gasteiger partial charge in [0.05, 0.1) is 12.1 Å². The Kier molecular flexibility index (Phi) is 5.81. The standard InChI is InChI=1S/C19H23N3O2S/c1-14(23)20-16-8-6-7-15(11-16)19-21-17(13-25-19)12-18(24)22-9-4-2-3-5-10-22/h6-8,11,13H,2-5,9-10,12H2,1H3,(H,20,23). The highest BCUT2D eigenvalue weighted by Crippen LogP contribution is 2.26. The average Bonchev–Trinajstić information content (AvgIpc) is 2.87. The Hall–Kier alpha value is -2.21. The molecule has 0 aliphatic carbocycles. The first-order valence-corrected chi connectivity index (χ1v) is 9.60. The molecule has 6 heteroatoms. The van der Waals surface area contributed by atoms with Crippen LogP contribution in [0.2, 0.25) is 0 Å². The van der Waals surface area contributed by atoms with E-state index in [9.17, 15) is 9.59 Å². The summed E-state index contributed by atoms with van der Waals surface area (Å²) in [4.78, 5) is 30.3. The van der Waals surface area contributed by atoms with Gasteiger partial charge in [0.1, 0.15) is 5.01 Å². The summed E-state index contributed by atoms with van der Waals surface area (Å²) in [6.45, 7) is 3.23.